The van der Waals surface area contributed by atoms with Gasteiger partial charge in [0, 0.05) is 37.3 Å². The van der Waals surface area contributed by atoms with Crippen LogP contribution in [-0.4, -0.2) is 87.7 Å². The van der Waals surface area contributed by atoms with Gasteiger partial charge in [-0.3, -0.25) is 14.6 Å². The number of carbonyl (C=O) groups excluding carboxylic acids is 2. The maximum Gasteiger partial charge on any atom is 0.427 e. The lowest BCUT2D eigenvalue weighted by Crippen LogP contribution is -2.47. The molecule has 3 heterocycles. The van der Waals surface area contributed by atoms with Gasteiger partial charge in [-0.05, 0) is 112 Å². The second-order valence-corrected chi connectivity index (χ2v) is 14.8. The van der Waals surface area contributed by atoms with Gasteiger partial charge in [-0.2, -0.15) is 26.3 Å². The van der Waals surface area contributed by atoms with Gasteiger partial charge in [-0.25, -0.2) is 8.70 Å². The average molecular weight is 745 g/mol. The fourth-order valence-corrected chi connectivity index (χ4v) is 7.02. The molecule has 1 spiro atoms. The summed E-state index contributed by atoms with van der Waals surface area (Å²) in [6.07, 6.45) is -7.11. The molecule has 51 heavy (non-hydrogen) atoms. The molecule has 2 N–H and O–H groups in total. The van der Waals surface area contributed by atoms with E-state index in [-0.39, 0.29) is 56.1 Å². The van der Waals surface area contributed by atoms with Crippen LogP contribution in [0.4, 0.5) is 30.7 Å². The highest BCUT2D eigenvalue weighted by atomic mass is 32.2. The Bertz CT molecular complexity index is 1700. The van der Waals surface area contributed by atoms with E-state index in [1.54, 1.807) is 17.0 Å². The van der Waals surface area contributed by atoms with E-state index in [9.17, 15) is 45.4 Å². The van der Waals surface area contributed by atoms with Crippen LogP contribution in [0.3, 0.4) is 0 Å². The number of rotatable bonds is 8. The first-order valence-electron chi connectivity index (χ1n) is 16.3. The molecule has 5 rings (SSSR count). The van der Waals surface area contributed by atoms with Crippen LogP contribution < -0.4 is 10.1 Å². The molecule has 0 aromatic heterocycles. The predicted octanol–water partition coefficient (Wildman–Crippen LogP) is 7.01. The van der Waals surface area contributed by atoms with Crippen molar-refractivity contribution < 1.29 is 50.2 Å². The summed E-state index contributed by atoms with van der Waals surface area (Å²) in [7, 11) is 0. The van der Waals surface area contributed by atoms with Gasteiger partial charge in [0.05, 0.1) is 11.2 Å². The molecule has 0 aliphatic carbocycles. The first kappa shape index (κ1) is 38.6. The van der Waals surface area contributed by atoms with E-state index in [0.717, 1.165) is 28.8 Å². The molecule has 2 saturated heterocycles. The van der Waals surface area contributed by atoms with Gasteiger partial charge in [0.1, 0.15) is 23.8 Å². The maximum absolute atomic E-state index is 13.9. The molecule has 2 fully saturated rings. The third-order valence-electron chi connectivity index (χ3n) is 9.65. The lowest BCUT2D eigenvalue weighted by Gasteiger charge is -2.36. The summed E-state index contributed by atoms with van der Waals surface area (Å²) < 4.78 is 102. The number of carbonyl (C=O) groups is 2. The number of likely N-dealkylation sites (tertiary alicyclic amines) is 1. The number of alkyl halides is 7. The number of nitrogens with zero attached hydrogens (tertiary/aromatic N) is 3. The van der Waals surface area contributed by atoms with Crippen molar-refractivity contribution in [1.29, 1.82) is 0 Å². The fourth-order valence-electron chi connectivity index (χ4n) is 6.26. The highest BCUT2D eigenvalue weighted by Crippen LogP contribution is 2.42. The SMILES string of the molecule is Cc1cc(C(=O)N2CCC(O)(CF)CC2)cc(C)c1/C=C/SN1CCC2(CC1)N=C(c1ccc(OC(C)(C)C(F)(F)F)c(C(F)(F)F)c1)NC2=O. The van der Waals surface area contributed by atoms with E-state index in [4.69, 9.17) is 4.74 Å². The lowest BCUT2D eigenvalue weighted by molar-refractivity contribution is -0.236. The fraction of sp³-hybridized carbons (Fsp3) is 0.514. The van der Waals surface area contributed by atoms with Crippen molar-refractivity contribution >= 4 is 35.7 Å². The summed E-state index contributed by atoms with van der Waals surface area (Å²) in [6.45, 7) is 5.63. The van der Waals surface area contributed by atoms with Crippen LogP contribution in [0.5, 0.6) is 5.75 Å². The van der Waals surface area contributed by atoms with E-state index in [1.807, 2.05) is 29.6 Å². The summed E-state index contributed by atoms with van der Waals surface area (Å²) in [5, 5.41) is 14.6. The van der Waals surface area contributed by atoms with E-state index in [1.165, 1.54) is 11.9 Å². The normalized spacial score (nSPS) is 19.8. The molecule has 2 aromatic rings. The number of aryl methyl sites for hydroxylation is 2. The number of ether oxygens (including phenoxy) is 1. The van der Waals surface area contributed by atoms with Crippen molar-refractivity contribution in [2.45, 2.75) is 82.5 Å². The van der Waals surface area contributed by atoms with E-state index in [0.29, 0.717) is 38.6 Å². The van der Waals surface area contributed by atoms with Gasteiger partial charge in [0.15, 0.2) is 5.60 Å². The second-order valence-electron chi connectivity index (χ2n) is 13.8. The summed E-state index contributed by atoms with van der Waals surface area (Å²) in [5.74, 6) is -1.72. The molecule has 0 bridgehead atoms. The van der Waals surface area contributed by atoms with Crippen molar-refractivity contribution in [3.05, 3.63) is 69.1 Å². The monoisotopic (exact) mass is 744 g/mol. The molecular formula is C35H39F7N4O4S. The number of aliphatic imine (C=N–C) groups is 1. The van der Waals surface area contributed by atoms with Crippen LogP contribution in [0, 0.1) is 13.8 Å². The highest BCUT2D eigenvalue weighted by molar-refractivity contribution is 8.00. The lowest BCUT2D eigenvalue weighted by atomic mass is 9.89. The number of amides is 2. The first-order valence-corrected chi connectivity index (χ1v) is 17.2. The molecule has 0 atom stereocenters. The van der Waals surface area contributed by atoms with Gasteiger partial charge < -0.3 is 20.1 Å². The number of piperidine rings is 2. The number of hydrogen-bond donors (Lipinski definition) is 2. The minimum Gasteiger partial charge on any atom is -0.478 e. The molecule has 2 aromatic carbocycles. The number of nitrogens with one attached hydrogen (secondary N) is 1. The molecule has 2 amide bonds. The summed E-state index contributed by atoms with van der Waals surface area (Å²) in [4.78, 5) is 32.3. The van der Waals surface area contributed by atoms with E-state index >= 15 is 0 Å². The van der Waals surface area contributed by atoms with Crippen LogP contribution in [-0.2, 0) is 11.0 Å². The molecule has 278 valence electrons. The zero-order valence-corrected chi connectivity index (χ0v) is 29.3. The number of halogens is 7. The second kappa shape index (κ2) is 14.1. The van der Waals surface area contributed by atoms with Crippen LogP contribution >= 0.6 is 11.9 Å². The van der Waals surface area contributed by atoms with Crippen molar-refractivity contribution in [2.75, 3.05) is 32.9 Å². The number of benzene rings is 2. The Morgan fingerprint density at radius 2 is 1.61 bits per heavy atom. The van der Waals surface area contributed by atoms with Crippen LogP contribution in [0.15, 0.2) is 40.7 Å². The van der Waals surface area contributed by atoms with Crippen LogP contribution in [0.1, 0.15) is 77.7 Å². The number of hydrogen-bond acceptors (Lipinski definition) is 7. The number of amidine groups is 1. The standard InChI is InChI=1S/C35H39F7N4O4S/c1-21-17-24(29(47)45-12-8-32(49,20-36)9-13-45)18-22(2)25(21)7-16-51-46-14-10-33(11-15-46)30(48)43-28(44-33)23-5-6-27(26(19-23)34(37,38)39)50-31(3,4)35(40,41)42/h5-7,16-19,49H,8-15,20H2,1-4H3,(H,43,44,48)/b16-7+. The third-order valence-corrected chi connectivity index (χ3v) is 10.6. The Labute approximate surface area is 295 Å². The highest BCUT2D eigenvalue weighted by Gasteiger charge is 2.51. The molecular weight excluding hydrogens is 705 g/mol. The van der Waals surface area contributed by atoms with E-state index < -0.39 is 53.0 Å². The van der Waals surface area contributed by atoms with Crippen molar-refractivity contribution in [1.82, 2.24) is 14.5 Å². The number of aliphatic hydroxyl groups is 1. The van der Waals surface area contributed by atoms with Gasteiger partial charge >= 0.3 is 12.4 Å². The minimum atomic E-state index is -5.04. The third kappa shape index (κ3) is 8.22. The summed E-state index contributed by atoms with van der Waals surface area (Å²) >= 11 is 1.42. The quantitative estimate of drug-likeness (QED) is 0.223. The average Bonchev–Trinajstić information content (AvgIpc) is 3.37. The Hall–Kier alpha value is -3.63. The Kier molecular flexibility index (Phi) is 10.6. The minimum absolute atomic E-state index is 0.0948. The van der Waals surface area contributed by atoms with Gasteiger partial charge in [-0.15, -0.1) is 0 Å². The Morgan fingerprint density at radius 1 is 1.00 bits per heavy atom. The van der Waals surface area contributed by atoms with Crippen LogP contribution in [0.2, 0.25) is 0 Å². The van der Waals surface area contributed by atoms with Crippen molar-refractivity contribution in [3.8, 4) is 5.75 Å². The van der Waals surface area contributed by atoms with Gasteiger partial charge in [0.25, 0.3) is 11.8 Å². The Balaban J connectivity index is 1.22. The van der Waals surface area contributed by atoms with Gasteiger partial charge in [0.2, 0.25) is 0 Å². The Morgan fingerprint density at radius 3 is 2.16 bits per heavy atom. The molecule has 16 heteroatoms. The largest absolute Gasteiger partial charge is 0.478 e. The molecule has 3 aliphatic rings. The molecule has 3 aliphatic heterocycles. The molecule has 8 nitrogen and oxygen atoms in total. The van der Waals surface area contributed by atoms with Crippen molar-refractivity contribution in [3.63, 3.8) is 0 Å². The molecule has 0 saturated carbocycles. The smallest absolute Gasteiger partial charge is 0.427 e. The van der Waals surface area contributed by atoms with Gasteiger partial charge in [-0.1, -0.05) is 11.9 Å². The van der Waals surface area contributed by atoms with E-state index in [2.05, 4.69) is 10.3 Å². The van der Waals surface area contributed by atoms with Crippen molar-refractivity contribution in [2.24, 2.45) is 4.99 Å². The zero-order chi connectivity index (χ0) is 37.6. The first-order chi connectivity index (χ1) is 23.7. The zero-order valence-electron chi connectivity index (χ0n) is 28.5. The molecule has 0 unspecified atom stereocenters. The summed E-state index contributed by atoms with van der Waals surface area (Å²) in [5.41, 5.74) is -3.78. The topological polar surface area (TPSA) is 94.5 Å². The van der Waals surface area contributed by atoms with Crippen LogP contribution in [0.25, 0.3) is 6.08 Å². The molecule has 0 radical (unpaired) electrons. The maximum atomic E-state index is 13.9. The summed E-state index contributed by atoms with van der Waals surface area (Å²) in [6, 6.07) is 6.17. The predicted molar refractivity (Wildman–Crippen MR) is 179 cm³/mol.